The van der Waals surface area contributed by atoms with Gasteiger partial charge in [0.2, 0.25) is 0 Å². The zero-order valence-corrected chi connectivity index (χ0v) is 8.28. The number of hydrogen-bond acceptors (Lipinski definition) is 3. The average Bonchev–Trinajstić information content (AvgIpc) is 2.36. The van der Waals surface area contributed by atoms with Gasteiger partial charge in [-0.1, -0.05) is 13.8 Å². The fourth-order valence-corrected chi connectivity index (χ4v) is 2.55. The summed E-state index contributed by atoms with van der Waals surface area (Å²) in [5.41, 5.74) is 0. The number of thioether (sulfide) groups is 1. The number of ether oxygens (including phenoxy) is 1. The molecule has 1 fully saturated rings. The Morgan fingerprint density at radius 1 is 1.73 bits per heavy atom. The van der Waals surface area contributed by atoms with E-state index < -0.39 is 0 Å². The van der Waals surface area contributed by atoms with Gasteiger partial charge in [0.1, 0.15) is 0 Å². The molecule has 3 atom stereocenters. The molecule has 0 aromatic heterocycles. The van der Waals surface area contributed by atoms with Crippen LogP contribution in [-0.4, -0.2) is 30.9 Å². The van der Waals surface area contributed by atoms with E-state index in [-0.39, 0.29) is 0 Å². The third kappa shape index (κ3) is 2.65. The molecule has 0 saturated carbocycles. The molecule has 1 heterocycles. The van der Waals surface area contributed by atoms with Crippen LogP contribution in [0.5, 0.6) is 0 Å². The summed E-state index contributed by atoms with van der Waals surface area (Å²) in [6, 6.07) is 0. The van der Waals surface area contributed by atoms with Gasteiger partial charge in [0.25, 0.3) is 0 Å². The molecule has 0 aromatic carbocycles. The van der Waals surface area contributed by atoms with E-state index in [0.29, 0.717) is 11.3 Å². The van der Waals surface area contributed by atoms with Crippen LogP contribution >= 0.6 is 11.8 Å². The van der Waals surface area contributed by atoms with Crippen LogP contribution in [0.4, 0.5) is 0 Å². The van der Waals surface area contributed by atoms with E-state index in [1.165, 1.54) is 0 Å². The Balaban J connectivity index is 2.25. The highest BCUT2D eigenvalue weighted by atomic mass is 32.2. The lowest BCUT2D eigenvalue weighted by atomic mass is 10.2. The van der Waals surface area contributed by atoms with Crippen molar-refractivity contribution in [3.05, 3.63) is 0 Å². The molecule has 0 amide bonds. The summed E-state index contributed by atoms with van der Waals surface area (Å²) in [5.74, 6) is 0.620. The van der Waals surface area contributed by atoms with Crippen LogP contribution in [0.1, 0.15) is 13.8 Å². The molecule has 0 bridgehead atoms. The first kappa shape index (κ1) is 9.36. The number of methoxy groups -OCH3 is 1. The summed E-state index contributed by atoms with van der Waals surface area (Å²) in [4.78, 5) is 0. The first-order valence-electron chi connectivity index (χ1n) is 4.12. The lowest BCUT2D eigenvalue weighted by Crippen LogP contribution is -2.29. The van der Waals surface area contributed by atoms with Gasteiger partial charge in [0.05, 0.1) is 12.0 Å². The van der Waals surface area contributed by atoms with Crippen molar-refractivity contribution in [1.82, 2.24) is 5.32 Å². The monoisotopic (exact) mass is 175 g/mol. The van der Waals surface area contributed by atoms with Crippen molar-refractivity contribution < 1.29 is 4.74 Å². The number of hydrogen-bond donors (Lipinski definition) is 1. The lowest BCUT2D eigenvalue weighted by molar-refractivity contribution is 0.155. The Hall–Kier alpha value is 0.270. The van der Waals surface area contributed by atoms with Crippen molar-refractivity contribution in [3.63, 3.8) is 0 Å². The maximum absolute atomic E-state index is 5.10. The first-order valence-corrected chi connectivity index (χ1v) is 5.06. The number of nitrogens with one attached hydrogen (secondary N) is 1. The number of rotatable bonds is 3. The highest BCUT2D eigenvalue weighted by molar-refractivity contribution is 8.00. The Kier molecular flexibility index (Phi) is 3.69. The smallest absolute Gasteiger partial charge is 0.0583 e. The van der Waals surface area contributed by atoms with Crippen molar-refractivity contribution in [1.29, 1.82) is 0 Å². The molecule has 0 radical (unpaired) electrons. The summed E-state index contributed by atoms with van der Waals surface area (Å²) in [7, 11) is 1.76. The van der Waals surface area contributed by atoms with Crippen molar-refractivity contribution >= 4 is 11.8 Å². The van der Waals surface area contributed by atoms with Crippen molar-refractivity contribution in [2.24, 2.45) is 5.92 Å². The van der Waals surface area contributed by atoms with E-state index in [1.54, 1.807) is 7.11 Å². The summed E-state index contributed by atoms with van der Waals surface area (Å²) < 4.78 is 5.10. The molecule has 1 rings (SSSR count). The van der Waals surface area contributed by atoms with E-state index >= 15 is 0 Å². The van der Waals surface area contributed by atoms with Gasteiger partial charge in [0.15, 0.2) is 0 Å². The van der Waals surface area contributed by atoms with Crippen LogP contribution in [0, 0.1) is 5.92 Å². The largest absolute Gasteiger partial charge is 0.384 e. The summed E-state index contributed by atoms with van der Waals surface area (Å²) in [6.07, 6.45) is 0. The second kappa shape index (κ2) is 4.33. The molecule has 3 heteroatoms. The van der Waals surface area contributed by atoms with Crippen molar-refractivity contribution in [2.45, 2.75) is 24.5 Å². The second-order valence-corrected chi connectivity index (χ2v) is 4.79. The summed E-state index contributed by atoms with van der Waals surface area (Å²) in [6.45, 7) is 6.49. The van der Waals surface area contributed by atoms with Crippen LogP contribution in [-0.2, 0) is 4.74 Å². The molecule has 0 aliphatic carbocycles. The van der Waals surface area contributed by atoms with Gasteiger partial charge < -0.3 is 10.1 Å². The Labute approximate surface area is 73.1 Å². The van der Waals surface area contributed by atoms with Crippen LogP contribution in [0.3, 0.4) is 0 Å². The van der Waals surface area contributed by atoms with E-state index in [0.717, 1.165) is 18.4 Å². The minimum absolute atomic E-state index is 0.602. The minimum Gasteiger partial charge on any atom is -0.384 e. The molecule has 1 aliphatic heterocycles. The zero-order valence-electron chi connectivity index (χ0n) is 7.46. The van der Waals surface area contributed by atoms with Crippen molar-refractivity contribution in [3.8, 4) is 0 Å². The third-order valence-electron chi connectivity index (χ3n) is 1.93. The molecule has 3 unspecified atom stereocenters. The molecule has 66 valence electrons. The highest BCUT2D eigenvalue weighted by Crippen LogP contribution is 2.27. The fraction of sp³-hybridized carbons (Fsp3) is 1.00. The Bertz CT molecular complexity index is 121. The van der Waals surface area contributed by atoms with Gasteiger partial charge in [-0.25, -0.2) is 0 Å². The molecular formula is C8H17NOS. The van der Waals surface area contributed by atoms with Crippen LogP contribution < -0.4 is 5.32 Å². The lowest BCUT2D eigenvalue weighted by Gasteiger charge is -2.17. The SMILES string of the molecule is COCC(C)C1NCC(C)S1. The summed E-state index contributed by atoms with van der Waals surface area (Å²) in [5, 5.41) is 4.84. The molecule has 1 saturated heterocycles. The molecule has 1 N–H and O–H groups in total. The predicted octanol–water partition coefficient (Wildman–Crippen LogP) is 1.32. The Morgan fingerprint density at radius 3 is 2.91 bits per heavy atom. The standard InChI is InChI=1S/C8H17NOS/c1-6(5-10-3)8-9-4-7(2)11-8/h6-9H,4-5H2,1-3H3. The van der Waals surface area contributed by atoms with Crippen LogP contribution in [0.15, 0.2) is 0 Å². The van der Waals surface area contributed by atoms with E-state index in [9.17, 15) is 0 Å². The Morgan fingerprint density at radius 2 is 2.45 bits per heavy atom. The molecule has 0 spiro atoms. The average molecular weight is 175 g/mol. The molecule has 11 heavy (non-hydrogen) atoms. The maximum Gasteiger partial charge on any atom is 0.0583 e. The molecular weight excluding hydrogens is 158 g/mol. The first-order chi connectivity index (χ1) is 5.24. The zero-order chi connectivity index (χ0) is 8.27. The molecule has 0 aromatic rings. The van der Waals surface area contributed by atoms with Gasteiger partial charge in [0, 0.05) is 24.8 Å². The van der Waals surface area contributed by atoms with E-state index in [4.69, 9.17) is 4.74 Å². The fourth-order valence-electron chi connectivity index (χ4n) is 1.31. The van der Waals surface area contributed by atoms with Crippen molar-refractivity contribution in [2.75, 3.05) is 20.3 Å². The third-order valence-corrected chi connectivity index (χ3v) is 3.49. The predicted molar refractivity (Wildman–Crippen MR) is 49.9 cm³/mol. The maximum atomic E-state index is 5.10. The van der Waals surface area contributed by atoms with Crippen LogP contribution in [0.25, 0.3) is 0 Å². The topological polar surface area (TPSA) is 21.3 Å². The quantitative estimate of drug-likeness (QED) is 0.699. The van der Waals surface area contributed by atoms with Crippen LogP contribution in [0.2, 0.25) is 0 Å². The van der Waals surface area contributed by atoms with Gasteiger partial charge in [-0.3, -0.25) is 0 Å². The van der Waals surface area contributed by atoms with Gasteiger partial charge in [-0.05, 0) is 0 Å². The van der Waals surface area contributed by atoms with E-state index in [2.05, 4.69) is 19.2 Å². The normalized spacial score (nSPS) is 34.1. The summed E-state index contributed by atoms with van der Waals surface area (Å²) >= 11 is 2.02. The van der Waals surface area contributed by atoms with Gasteiger partial charge in [-0.15, -0.1) is 11.8 Å². The van der Waals surface area contributed by atoms with E-state index in [1.807, 2.05) is 11.8 Å². The van der Waals surface area contributed by atoms with Gasteiger partial charge >= 0.3 is 0 Å². The molecule has 2 nitrogen and oxygen atoms in total. The van der Waals surface area contributed by atoms with Gasteiger partial charge in [-0.2, -0.15) is 0 Å². The highest BCUT2D eigenvalue weighted by Gasteiger charge is 2.25. The molecule has 1 aliphatic rings. The second-order valence-electron chi connectivity index (χ2n) is 3.21. The minimum atomic E-state index is 0.602.